The van der Waals surface area contributed by atoms with Gasteiger partial charge >= 0.3 is 0 Å². The highest BCUT2D eigenvalue weighted by Gasteiger charge is 2.10. The van der Waals surface area contributed by atoms with Gasteiger partial charge in [-0.15, -0.1) is 0 Å². The highest BCUT2D eigenvalue weighted by Crippen LogP contribution is 2.23. The van der Waals surface area contributed by atoms with Crippen molar-refractivity contribution in [2.24, 2.45) is 0 Å². The molecule has 1 aliphatic carbocycles. The smallest absolute Gasteiger partial charge is 0.119 e. The van der Waals surface area contributed by atoms with Gasteiger partial charge in [-0.25, -0.2) is 0 Å². The van der Waals surface area contributed by atoms with Crippen molar-refractivity contribution in [1.82, 2.24) is 0 Å². The molecule has 3 rings (SSSR count). The van der Waals surface area contributed by atoms with E-state index < -0.39 is 0 Å². The summed E-state index contributed by atoms with van der Waals surface area (Å²) in [5, 5.41) is 0. The summed E-state index contributed by atoms with van der Waals surface area (Å²) < 4.78 is 5.81. The van der Waals surface area contributed by atoms with Crippen LogP contribution in [-0.4, -0.2) is 0 Å². The Hall–Kier alpha value is -1.76. The van der Waals surface area contributed by atoms with Crippen molar-refractivity contribution in [3.63, 3.8) is 0 Å². The molecule has 0 bridgehead atoms. The highest BCUT2D eigenvalue weighted by molar-refractivity contribution is 5.35. The topological polar surface area (TPSA) is 9.23 Å². The summed E-state index contributed by atoms with van der Waals surface area (Å²) in [5.41, 5.74) is 5.57. The lowest BCUT2D eigenvalue weighted by molar-refractivity contribution is 0.306. The van der Waals surface area contributed by atoms with Crippen LogP contribution in [0.3, 0.4) is 0 Å². The van der Waals surface area contributed by atoms with Crippen molar-refractivity contribution in [3.05, 3.63) is 64.7 Å². The molecule has 0 amide bonds. The molecule has 0 radical (unpaired) electrons. The highest BCUT2D eigenvalue weighted by atomic mass is 16.5. The zero-order chi connectivity index (χ0) is 12.4. The lowest BCUT2D eigenvalue weighted by atomic mass is 10.1. The largest absolute Gasteiger partial charge is 0.489 e. The van der Waals surface area contributed by atoms with Crippen LogP contribution in [0, 0.1) is 6.92 Å². The third-order valence-corrected chi connectivity index (χ3v) is 3.59. The minimum absolute atomic E-state index is 0.663. The van der Waals surface area contributed by atoms with Gasteiger partial charge in [-0.1, -0.05) is 35.9 Å². The third-order valence-electron chi connectivity index (χ3n) is 3.59. The maximum Gasteiger partial charge on any atom is 0.119 e. The molecule has 18 heavy (non-hydrogen) atoms. The van der Waals surface area contributed by atoms with Crippen molar-refractivity contribution in [2.45, 2.75) is 32.8 Å². The second-order valence-electron chi connectivity index (χ2n) is 5.06. The molecule has 0 N–H and O–H groups in total. The second-order valence-corrected chi connectivity index (χ2v) is 5.06. The Labute approximate surface area is 108 Å². The molecule has 0 saturated carbocycles. The Morgan fingerprint density at radius 1 is 0.944 bits per heavy atom. The van der Waals surface area contributed by atoms with Crippen LogP contribution in [0.4, 0.5) is 0 Å². The minimum atomic E-state index is 0.663. The van der Waals surface area contributed by atoms with Gasteiger partial charge < -0.3 is 4.74 Å². The monoisotopic (exact) mass is 238 g/mol. The number of hydrogen-bond donors (Lipinski definition) is 0. The van der Waals surface area contributed by atoms with E-state index >= 15 is 0 Å². The number of ether oxygens (including phenoxy) is 1. The Morgan fingerprint density at radius 2 is 1.72 bits per heavy atom. The molecule has 0 saturated heterocycles. The van der Waals surface area contributed by atoms with Gasteiger partial charge in [0.05, 0.1) is 0 Å². The van der Waals surface area contributed by atoms with Crippen molar-refractivity contribution >= 4 is 0 Å². The molecule has 0 heterocycles. The molecule has 0 aliphatic heterocycles. The van der Waals surface area contributed by atoms with Crippen LogP contribution in [0.15, 0.2) is 42.5 Å². The Bertz CT molecular complexity index is 540. The van der Waals surface area contributed by atoms with E-state index in [2.05, 4.69) is 37.3 Å². The fourth-order valence-electron chi connectivity index (χ4n) is 2.52. The zero-order valence-corrected chi connectivity index (χ0v) is 10.8. The van der Waals surface area contributed by atoms with Crippen LogP contribution in [0.1, 0.15) is 28.7 Å². The van der Waals surface area contributed by atoms with Gasteiger partial charge in [-0.2, -0.15) is 0 Å². The third kappa shape index (κ3) is 2.40. The first-order valence-corrected chi connectivity index (χ1v) is 6.61. The van der Waals surface area contributed by atoms with E-state index in [-0.39, 0.29) is 0 Å². The number of benzene rings is 2. The van der Waals surface area contributed by atoms with E-state index in [1.54, 1.807) is 0 Å². The molecule has 1 heteroatoms. The van der Waals surface area contributed by atoms with E-state index in [1.807, 2.05) is 12.1 Å². The van der Waals surface area contributed by atoms with Gasteiger partial charge in [0, 0.05) is 0 Å². The predicted octanol–water partition coefficient (Wildman–Crippen LogP) is 4.06. The number of fused-ring (bicyclic) bond motifs is 1. The summed E-state index contributed by atoms with van der Waals surface area (Å²) in [6, 6.07) is 15.0. The van der Waals surface area contributed by atoms with Gasteiger partial charge in [0.2, 0.25) is 0 Å². The van der Waals surface area contributed by atoms with Gasteiger partial charge in [0.1, 0.15) is 12.4 Å². The summed E-state index contributed by atoms with van der Waals surface area (Å²) in [4.78, 5) is 0. The lowest BCUT2D eigenvalue weighted by Crippen LogP contribution is -1.96. The van der Waals surface area contributed by atoms with E-state index in [9.17, 15) is 0 Å². The summed E-state index contributed by atoms with van der Waals surface area (Å²) in [5.74, 6) is 0.945. The predicted molar refractivity (Wildman–Crippen MR) is 74.0 cm³/mol. The maximum absolute atomic E-state index is 5.81. The van der Waals surface area contributed by atoms with Crippen LogP contribution in [0.2, 0.25) is 0 Å². The minimum Gasteiger partial charge on any atom is -0.489 e. The summed E-state index contributed by atoms with van der Waals surface area (Å²) in [6.07, 6.45) is 3.78. The molecule has 0 aromatic heterocycles. The average Bonchev–Trinajstić information content (AvgIpc) is 2.85. The Morgan fingerprint density at radius 3 is 2.56 bits per heavy atom. The van der Waals surface area contributed by atoms with Crippen molar-refractivity contribution in [2.75, 3.05) is 0 Å². The summed E-state index contributed by atoms with van der Waals surface area (Å²) in [6.45, 7) is 2.75. The van der Waals surface area contributed by atoms with Crippen molar-refractivity contribution < 1.29 is 4.74 Å². The number of aryl methyl sites for hydroxylation is 3. The van der Waals surface area contributed by atoms with E-state index in [0.29, 0.717) is 6.61 Å². The average molecular weight is 238 g/mol. The number of rotatable bonds is 3. The Kier molecular flexibility index (Phi) is 3.06. The van der Waals surface area contributed by atoms with Crippen molar-refractivity contribution in [3.8, 4) is 5.75 Å². The zero-order valence-electron chi connectivity index (χ0n) is 10.8. The van der Waals surface area contributed by atoms with Crippen LogP contribution in [-0.2, 0) is 19.4 Å². The molecule has 92 valence electrons. The van der Waals surface area contributed by atoms with Crippen LogP contribution in [0.5, 0.6) is 5.75 Å². The van der Waals surface area contributed by atoms with E-state index in [4.69, 9.17) is 4.74 Å². The molecule has 0 atom stereocenters. The molecule has 0 spiro atoms. The quantitative estimate of drug-likeness (QED) is 0.783. The molecule has 1 nitrogen and oxygen atoms in total. The fourth-order valence-corrected chi connectivity index (χ4v) is 2.52. The first-order valence-electron chi connectivity index (χ1n) is 6.61. The molecule has 2 aromatic rings. The van der Waals surface area contributed by atoms with E-state index in [1.165, 1.54) is 41.5 Å². The molecule has 0 unspecified atom stereocenters. The number of hydrogen-bond acceptors (Lipinski definition) is 1. The molecular formula is C17H18O. The van der Waals surface area contributed by atoms with E-state index in [0.717, 1.165) is 5.75 Å². The first-order chi connectivity index (χ1) is 8.81. The maximum atomic E-state index is 5.81. The normalized spacial score (nSPS) is 13.4. The molecule has 0 fully saturated rings. The summed E-state index contributed by atoms with van der Waals surface area (Å²) >= 11 is 0. The SMILES string of the molecule is Cc1ccc(OCc2ccc3c(c2)CCC3)cc1. The van der Waals surface area contributed by atoms with Crippen LogP contribution >= 0.6 is 0 Å². The van der Waals surface area contributed by atoms with Gasteiger partial charge in [-0.3, -0.25) is 0 Å². The molecule has 1 aliphatic rings. The van der Waals surface area contributed by atoms with Gasteiger partial charge in [0.15, 0.2) is 0 Å². The second kappa shape index (κ2) is 4.85. The Balaban J connectivity index is 1.68. The van der Waals surface area contributed by atoms with Crippen LogP contribution in [0.25, 0.3) is 0 Å². The first kappa shape index (κ1) is 11.3. The molecule has 2 aromatic carbocycles. The molecular weight excluding hydrogens is 220 g/mol. The van der Waals surface area contributed by atoms with Gasteiger partial charge in [0.25, 0.3) is 0 Å². The van der Waals surface area contributed by atoms with Gasteiger partial charge in [-0.05, 0) is 55.0 Å². The fraction of sp³-hybridized carbons (Fsp3) is 0.294. The standard InChI is InChI=1S/C17H18O/c1-13-5-9-17(10-6-13)18-12-14-7-8-15-3-2-4-16(15)11-14/h5-11H,2-4,12H2,1H3. The lowest BCUT2D eigenvalue weighted by Gasteiger charge is -2.08. The summed E-state index contributed by atoms with van der Waals surface area (Å²) in [7, 11) is 0. The van der Waals surface area contributed by atoms with Crippen molar-refractivity contribution in [1.29, 1.82) is 0 Å². The van der Waals surface area contributed by atoms with Crippen LogP contribution < -0.4 is 4.74 Å².